The first-order chi connectivity index (χ1) is 14.1. The molecule has 1 N–H and O–H groups in total. The molecule has 0 radical (unpaired) electrons. The molecule has 2 bridgehead atoms. The molecule has 0 saturated carbocycles. The molecule has 3 fully saturated rings. The predicted molar refractivity (Wildman–Crippen MR) is 106 cm³/mol. The van der Waals surface area contributed by atoms with Crippen molar-refractivity contribution >= 4 is 17.5 Å². The van der Waals surface area contributed by atoms with Crippen molar-refractivity contribution in [1.29, 1.82) is 0 Å². The zero-order chi connectivity index (χ0) is 20.4. The Morgan fingerprint density at radius 1 is 1.38 bits per heavy atom. The van der Waals surface area contributed by atoms with Crippen LogP contribution in [-0.2, 0) is 14.3 Å². The first kappa shape index (κ1) is 20.1. The molecule has 0 unspecified atom stereocenters. The van der Waals surface area contributed by atoms with E-state index >= 15 is 0 Å². The highest BCUT2D eigenvalue weighted by atomic mass is 19.1. The van der Waals surface area contributed by atoms with Gasteiger partial charge in [-0.05, 0) is 44.1 Å². The lowest BCUT2D eigenvalue weighted by Crippen LogP contribution is -2.67. The second kappa shape index (κ2) is 8.65. The number of nitrogens with zero attached hydrogens (tertiary/aromatic N) is 3. The van der Waals surface area contributed by atoms with Crippen molar-refractivity contribution < 1.29 is 18.7 Å². The fourth-order valence-electron chi connectivity index (χ4n) is 5.32. The predicted octanol–water partition coefficient (Wildman–Crippen LogP) is 1.58. The molecule has 0 aromatic carbocycles. The highest BCUT2D eigenvalue weighted by Gasteiger charge is 2.49. The maximum atomic E-state index is 14.4. The summed E-state index contributed by atoms with van der Waals surface area (Å²) in [6.07, 6.45) is 6.31. The van der Waals surface area contributed by atoms with Crippen LogP contribution < -0.4 is 10.2 Å². The highest BCUT2D eigenvalue weighted by molar-refractivity contribution is 5.79. The number of nitrogens with one attached hydrogen (secondary N) is 1. The molecule has 4 rings (SSSR count). The number of halogens is 1. The second-order valence-electron chi connectivity index (χ2n) is 8.26. The Morgan fingerprint density at radius 2 is 2.21 bits per heavy atom. The van der Waals surface area contributed by atoms with Crippen molar-refractivity contribution in [1.82, 2.24) is 15.2 Å². The van der Waals surface area contributed by atoms with Gasteiger partial charge in [0.05, 0.1) is 17.9 Å². The molecule has 3 saturated heterocycles. The molecule has 0 aliphatic carbocycles. The Morgan fingerprint density at radius 3 is 3.00 bits per heavy atom. The summed E-state index contributed by atoms with van der Waals surface area (Å²) in [6, 6.07) is 1.82. The molecule has 2 amide bonds. The van der Waals surface area contributed by atoms with E-state index in [4.69, 9.17) is 4.74 Å². The smallest absolute Gasteiger partial charge is 0.246 e. The third-order valence-electron chi connectivity index (χ3n) is 6.53. The van der Waals surface area contributed by atoms with Crippen LogP contribution in [0.15, 0.2) is 18.5 Å². The lowest BCUT2D eigenvalue weighted by molar-refractivity contribution is -0.149. The quantitative estimate of drug-likeness (QED) is 0.779. The molecule has 3 aliphatic heterocycles. The van der Waals surface area contributed by atoms with Gasteiger partial charge >= 0.3 is 0 Å². The van der Waals surface area contributed by atoms with Crippen molar-refractivity contribution in [3.63, 3.8) is 0 Å². The second-order valence-corrected chi connectivity index (χ2v) is 8.26. The van der Waals surface area contributed by atoms with Gasteiger partial charge in [0.2, 0.25) is 11.8 Å². The van der Waals surface area contributed by atoms with Gasteiger partial charge in [0, 0.05) is 44.9 Å². The number of pyridine rings is 1. The summed E-state index contributed by atoms with van der Waals surface area (Å²) in [7, 11) is 0. The number of fused-ring (bicyclic) bond motifs is 4. The molecule has 0 spiro atoms. The number of hydrogen-bond acceptors (Lipinski definition) is 5. The van der Waals surface area contributed by atoms with Gasteiger partial charge in [0.15, 0.2) is 5.82 Å². The highest BCUT2D eigenvalue weighted by Crippen LogP contribution is 2.42. The molecule has 1 aromatic rings. The largest absolute Gasteiger partial charge is 0.372 e. The van der Waals surface area contributed by atoms with Gasteiger partial charge in [-0.25, -0.2) is 4.39 Å². The number of anilines is 1. The average Bonchev–Trinajstić information content (AvgIpc) is 2.72. The maximum absolute atomic E-state index is 14.4. The summed E-state index contributed by atoms with van der Waals surface area (Å²) < 4.78 is 19.6. The molecule has 4 heterocycles. The first-order valence-electron chi connectivity index (χ1n) is 10.6. The van der Waals surface area contributed by atoms with Gasteiger partial charge in [-0.3, -0.25) is 14.6 Å². The molecule has 4 atom stereocenters. The zero-order valence-corrected chi connectivity index (χ0v) is 16.8. The van der Waals surface area contributed by atoms with Crippen LogP contribution in [0.25, 0.3) is 0 Å². The number of piperidine rings is 3. The van der Waals surface area contributed by atoms with E-state index in [9.17, 15) is 14.0 Å². The van der Waals surface area contributed by atoms with Crippen LogP contribution in [-0.4, -0.2) is 66.6 Å². The van der Waals surface area contributed by atoms with E-state index < -0.39 is 0 Å². The van der Waals surface area contributed by atoms with Gasteiger partial charge < -0.3 is 19.9 Å². The molecule has 1 aromatic heterocycles. The van der Waals surface area contributed by atoms with Gasteiger partial charge in [0.25, 0.3) is 0 Å². The Balaban J connectivity index is 1.55. The third-order valence-corrected chi connectivity index (χ3v) is 6.53. The molecular formula is C21H29FN4O3. The molecule has 7 nitrogen and oxygen atoms in total. The minimum absolute atomic E-state index is 0.0300. The number of carbonyl (C=O) groups excluding carboxylic acids is 2. The topological polar surface area (TPSA) is 74.8 Å². The molecule has 3 aliphatic rings. The Hall–Kier alpha value is -2.22. The van der Waals surface area contributed by atoms with Crippen molar-refractivity contribution in [3.05, 3.63) is 24.3 Å². The van der Waals surface area contributed by atoms with Gasteiger partial charge in [-0.2, -0.15) is 0 Å². The van der Waals surface area contributed by atoms with Crippen LogP contribution >= 0.6 is 0 Å². The van der Waals surface area contributed by atoms with Crippen molar-refractivity contribution in [2.24, 2.45) is 11.8 Å². The van der Waals surface area contributed by atoms with Crippen LogP contribution in [0.4, 0.5) is 10.1 Å². The molecule has 29 heavy (non-hydrogen) atoms. The van der Waals surface area contributed by atoms with Crippen LogP contribution in [0.3, 0.4) is 0 Å². The minimum Gasteiger partial charge on any atom is -0.372 e. The van der Waals surface area contributed by atoms with E-state index in [2.05, 4.69) is 15.2 Å². The lowest BCUT2D eigenvalue weighted by Gasteiger charge is -2.57. The van der Waals surface area contributed by atoms with E-state index in [1.165, 1.54) is 6.20 Å². The van der Waals surface area contributed by atoms with Crippen LogP contribution in [0, 0.1) is 17.7 Å². The summed E-state index contributed by atoms with van der Waals surface area (Å²) in [5, 5.41) is 2.95. The van der Waals surface area contributed by atoms with Crippen molar-refractivity contribution in [2.45, 2.75) is 44.7 Å². The Bertz CT molecular complexity index is 761. The fourth-order valence-corrected chi connectivity index (χ4v) is 5.32. The number of aromatic nitrogens is 1. The monoisotopic (exact) mass is 404 g/mol. The van der Waals surface area contributed by atoms with Crippen LogP contribution in [0.5, 0.6) is 0 Å². The zero-order valence-electron chi connectivity index (χ0n) is 16.8. The normalized spacial score (nSPS) is 28.8. The van der Waals surface area contributed by atoms with E-state index in [0.717, 1.165) is 25.8 Å². The first-order valence-corrected chi connectivity index (χ1v) is 10.6. The summed E-state index contributed by atoms with van der Waals surface area (Å²) in [6.45, 7) is 4.19. The third kappa shape index (κ3) is 4.08. The lowest BCUT2D eigenvalue weighted by atomic mass is 9.72. The molecule has 158 valence electrons. The number of amides is 2. The number of ether oxygens (including phenoxy) is 1. The van der Waals surface area contributed by atoms with Crippen molar-refractivity contribution in [2.75, 3.05) is 37.7 Å². The fraction of sp³-hybridized carbons (Fsp3) is 0.667. The molecular weight excluding hydrogens is 375 g/mol. The van der Waals surface area contributed by atoms with E-state index in [0.29, 0.717) is 37.7 Å². The van der Waals surface area contributed by atoms with Gasteiger partial charge in [-0.15, -0.1) is 0 Å². The standard InChI is InChI=1S/C21H29FN4O3/c1-2-29-13-20(27)24-10-19-15-8-14(17-4-3-5-21(28)26(17)19)11-25(12-15)18-6-7-23-9-16(18)22/h6-7,9,14-15,17,19H,2-5,8,10-13H2,1H3,(H,24,27)/t14-,15+,17+,19+/m1/s1. The Kier molecular flexibility index (Phi) is 5.99. The summed E-state index contributed by atoms with van der Waals surface area (Å²) in [5.41, 5.74) is 0.574. The summed E-state index contributed by atoms with van der Waals surface area (Å²) in [5.74, 6) is 0.213. The molecule has 8 heteroatoms. The average molecular weight is 404 g/mol. The van der Waals surface area contributed by atoms with Crippen molar-refractivity contribution in [3.8, 4) is 0 Å². The van der Waals surface area contributed by atoms with Crippen LogP contribution in [0.1, 0.15) is 32.6 Å². The van der Waals surface area contributed by atoms with E-state index in [-0.39, 0.29) is 42.2 Å². The minimum atomic E-state index is -0.314. The summed E-state index contributed by atoms with van der Waals surface area (Å²) >= 11 is 0. The van der Waals surface area contributed by atoms with Crippen LogP contribution in [0.2, 0.25) is 0 Å². The number of hydrogen-bond donors (Lipinski definition) is 1. The maximum Gasteiger partial charge on any atom is 0.246 e. The van der Waals surface area contributed by atoms with Gasteiger partial charge in [0.1, 0.15) is 6.61 Å². The number of rotatable bonds is 6. The number of carbonyl (C=O) groups is 2. The van der Waals surface area contributed by atoms with E-state index in [1.54, 1.807) is 12.3 Å². The SMILES string of the molecule is CCOCC(=O)NC[C@H]1[C@H]2C[C@H](CN(c3ccncc3F)C2)[C@@H]2CCCC(=O)N21. The van der Waals surface area contributed by atoms with Gasteiger partial charge in [-0.1, -0.05) is 0 Å². The Labute approximate surface area is 170 Å². The van der Waals surface area contributed by atoms with E-state index in [1.807, 2.05) is 11.8 Å². The summed E-state index contributed by atoms with van der Waals surface area (Å²) in [4.78, 5) is 32.9.